The molecule has 13 atom stereocenters. The van der Waals surface area contributed by atoms with Crippen molar-refractivity contribution in [2.24, 2.45) is 51.2 Å². The summed E-state index contributed by atoms with van der Waals surface area (Å²) in [6, 6.07) is 0. The number of carbonyl (C=O) groups excluding carboxylic acids is 2. The van der Waals surface area contributed by atoms with Crippen molar-refractivity contribution in [2.45, 2.75) is 131 Å². The fraction of sp³-hybridized carbons (Fsp3) is 0.829. The molecule has 2 saturated carbocycles. The van der Waals surface area contributed by atoms with E-state index in [-0.39, 0.29) is 59.2 Å². The van der Waals surface area contributed by atoms with Gasteiger partial charge in [0, 0.05) is 22.7 Å². The van der Waals surface area contributed by atoms with Crippen LogP contribution < -0.4 is 0 Å². The number of carbonyl (C=O) groups is 2. The van der Waals surface area contributed by atoms with Crippen molar-refractivity contribution in [3.05, 3.63) is 23.8 Å². The van der Waals surface area contributed by atoms with Crippen LogP contribution >= 0.6 is 0 Å². The van der Waals surface area contributed by atoms with Crippen molar-refractivity contribution >= 4 is 11.8 Å². The predicted octanol–water partition coefficient (Wildman–Crippen LogP) is 5.38. The van der Waals surface area contributed by atoms with Gasteiger partial charge in [0.2, 0.25) is 0 Å². The monoisotopic (exact) mass is 584 g/mol. The van der Waals surface area contributed by atoms with Crippen LogP contribution in [0.2, 0.25) is 0 Å². The van der Waals surface area contributed by atoms with E-state index in [1.165, 1.54) is 5.57 Å². The van der Waals surface area contributed by atoms with Gasteiger partial charge in [-0.1, -0.05) is 66.2 Å². The highest BCUT2D eigenvalue weighted by Crippen LogP contribution is 2.73. The number of ether oxygens (including phenoxy) is 3. The molecule has 6 aliphatic rings. The Labute approximate surface area is 251 Å². The van der Waals surface area contributed by atoms with Crippen LogP contribution in [0.4, 0.5) is 0 Å². The number of esters is 1. The number of aliphatic hydroxyl groups excluding tert-OH is 2. The van der Waals surface area contributed by atoms with Crippen LogP contribution in [0, 0.1) is 51.2 Å². The standard InChI is InChI=1S/C35H52O7/c1-10-18(2)29(38)41-22-17-34(8)20(19-15-21(40-30(19)39)28-32(5,6)42-28)11-12-23(34)35(9)26(37)16-24-31(3,4)25(36)13-14-33(24,7)27(22)35/h12-14,18-22,24,26-28,30,37,39H,10-11,15-17H2,1-9H3/t18?,19-,20-,21+,22+,24-,26+,27+,28-,30-,33-,34-,35+/m0/s1. The number of epoxide rings is 1. The topological polar surface area (TPSA) is 106 Å². The lowest BCUT2D eigenvalue weighted by atomic mass is 9.37. The summed E-state index contributed by atoms with van der Waals surface area (Å²) in [7, 11) is 0. The highest BCUT2D eigenvalue weighted by atomic mass is 16.7. The van der Waals surface area contributed by atoms with Gasteiger partial charge >= 0.3 is 5.97 Å². The average Bonchev–Trinajstić information content (AvgIpc) is 3.19. The zero-order valence-corrected chi connectivity index (χ0v) is 27.0. The molecule has 2 aliphatic heterocycles. The lowest BCUT2D eigenvalue weighted by Crippen LogP contribution is -2.68. The molecule has 7 heteroatoms. The van der Waals surface area contributed by atoms with Crippen molar-refractivity contribution < 1.29 is 34.0 Å². The molecule has 0 amide bonds. The number of fused-ring (bicyclic) bond motifs is 5. The predicted molar refractivity (Wildman–Crippen MR) is 158 cm³/mol. The molecule has 0 aromatic carbocycles. The molecule has 4 fully saturated rings. The average molecular weight is 585 g/mol. The fourth-order valence-corrected chi connectivity index (χ4v) is 10.7. The SMILES string of the molecule is CCC(C)C(=O)O[C@@H]1C[C@]2(C)C(=CC[C@H]2[C@@H]2C[C@H]([C@@H]3OC3(C)C)O[C@@H]2O)[C@]2(C)[C@H](O)C[C@H]3C(C)(C)C(=O)C=C[C@]3(C)[C@@H]12. The second-order valence-corrected chi connectivity index (χ2v) is 16.3. The number of aliphatic hydroxyl groups is 2. The Morgan fingerprint density at radius 1 is 1.12 bits per heavy atom. The zero-order chi connectivity index (χ0) is 30.8. The van der Waals surface area contributed by atoms with Crippen molar-refractivity contribution in [1.29, 1.82) is 0 Å². The van der Waals surface area contributed by atoms with Gasteiger partial charge in [-0.15, -0.1) is 0 Å². The quantitative estimate of drug-likeness (QED) is 0.254. The van der Waals surface area contributed by atoms with Gasteiger partial charge in [0.1, 0.15) is 12.2 Å². The van der Waals surface area contributed by atoms with E-state index in [1.54, 1.807) is 6.08 Å². The Morgan fingerprint density at radius 2 is 1.79 bits per heavy atom. The van der Waals surface area contributed by atoms with Gasteiger partial charge in [0.15, 0.2) is 12.1 Å². The Bertz CT molecular complexity index is 1220. The largest absolute Gasteiger partial charge is 0.462 e. The maximum atomic E-state index is 13.5. The lowest BCUT2D eigenvalue weighted by molar-refractivity contribution is -0.213. The molecule has 2 heterocycles. The molecule has 2 N–H and O–H groups in total. The molecule has 4 aliphatic carbocycles. The molecular weight excluding hydrogens is 532 g/mol. The van der Waals surface area contributed by atoms with Gasteiger partial charge < -0.3 is 24.4 Å². The van der Waals surface area contributed by atoms with Crippen LogP contribution in [0.3, 0.4) is 0 Å². The molecule has 7 nitrogen and oxygen atoms in total. The zero-order valence-electron chi connectivity index (χ0n) is 27.0. The Morgan fingerprint density at radius 3 is 2.40 bits per heavy atom. The van der Waals surface area contributed by atoms with E-state index in [4.69, 9.17) is 14.2 Å². The van der Waals surface area contributed by atoms with E-state index < -0.39 is 40.2 Å². The van der Waals surface area contributed by atoms with Crippen molar-refractivity contribution in [2.75, 3.05) is 0 Å². The highest BCUT2D eigenvalue weighted by Gasteiger charge is 2.71. The first kappa shape index (κ1) is 30.5. The summed E-state index contributed by atoms with van der Waals surface area (Å²) in [6.45, 7) is 18.7. The van der Waals surface area contributed by atoms with E-state index in [0.717, 1.165) is 12.8 Å². The van der Waals surface area contributed by atoms with Crippen LogP contribution in [0.1, 0.15) is 94.4 Å². The minimum Gasteiger partial charge on any atom is -0.462 e. The second-order valence-electron chi connectivity index (χ2n) is 16.3. The summed E-state index contributed by atoms with van der Waals surface area (Å²) < 4.78 is 18.5. The molecule has 2 saturated heterocycles. The van der Waals surface area contributed by atoms with Gasteiger partial charge in [0.05, 0.1) is 23.7 Å². The summed E-state index contributed by atoms with van der Waals surface area (Å²) in [5, 5.41) is 23.4. The third-order valence-electron chi connectivity index (χ3n) is 13.3. The fourth-order valence-electron chi connectivity index (χ4n) is 10.7. The van der Waals surface area contributed by atoms with E-state index in [9.17, 15) is 19.8 Å². The number of rotatable bonds is 5. The molecule has 6 rings (SSSR count). The summed E-state index contributed by atoms with van der Waals surface area (Å²) in [5.74, 6) is -0.651. The van der Waals surface area contributed by atoms with Gasteiger partial charge in [-0.25, -0.2) is 0 Å². The third-order valence-corrected chi connectivity index (χ3v) is 13.3. The molecule has 0 aromatic heterocycles. The van der Waals surface area contributed by atoms with Gasteiger partial charge in [0.25, 0.3) is 0 Å². The van der Waals surface area contributed by atoms with Crippen LogP contribution in [0.5, 0.6) is 0 Å². The summed E-state index contributed by atoms with van der Waals surface area (Å²) in [4.78, 5) is 26.6. The maximum absolute atomic E-state index is 13.5. The van der Waals surface area contributed by atoms with Crippen molar-refractivity contribution in [1.82, 2.24) is 0 Å². The minimum atomic E-state index is -0.887. The smallest absolute Gasteiger partial charge is 0.308 e. The lowest BCUT2D eigenvalue weighted by Gasteiger charge is -2.67. The Kier molecular flexibility index (Phi) is 6.88. The summed E-state index contributed by atoms with van der Waals surface area (Å²) >= 11 is 0. The van der Waals surface area contributed by atoms with Crippen LogP contribution in [-0.2, 0) is 23.8 Å². The van der Waals surface area contributed by atoms with E-state index in [1.807, 2.05) is 27.7 Å². The highest BCUT2D eigenvalue weighted by molar-refractivity contribution is 5.95. The number of hydrogen-bond donors (Lipinski definition) is 2. The van der Waals surface area contributed by atoms with Crippen LogP contribution in [0.15, 0.2) is 23.8 Å². The molecule has 42 heavy (non-hydrogen) atoms. The maximum Gasteiger partial charge on any atom is 0.308 e. The molecule has 1 unspecified atom stereocenters. The molecule has 0 radical (unpaired) electrons. The Balaban J connectivity index is 1.41. The molecule has 0 aromatic rings. The normalized spacial score (nSPS) is 50.8. The van der Waals surface area contributed by atoms with Crippen molar-refractivity contribution in [3.8, 4) is 0 Å². The molecule has 0 bridgehead atoms. The number of hydrogen-bond acceptors (Lipinski definition) is 7. The van der Waals surface area contributed by atoms with E-state index in [2.05, 4.69) is 46.8 Å². The number of ketones is 1. The third kappa shape index (κ3) is 4.05. The second kappa shape index (κ2) is 9.48. The molecule has 0 spiro atoms. The first-order valence-corrected chi connectivity index (χ1v) is 16.3. The Hall–Kier alpha value is -1.54. The van der Waals surface area contributed by atoms with E-state index >= 15 is 0 Å². The van der Waals surface area contributed by atoms with Crippen molar-refractivity contribution in [3.63, 3.8) is 0 Å². The van der Waals surface area contributed by atoms with Crippen LogP contribution in [-0.4, -0.2) is 58.3 Å². The van der Waals surface area contributed by atoms with Crippen LogP contribution in [0.25, 0.3) is 0 Å². The van der Waals surface area contributed by atoms with Gasteiger partial charge in [-0.05, 0) is 74.7 Å². The van der Waals surface area contributed by atoms with Gasteiger partial charge in [-0.3, -0.25) is 9.59 Å². The first-order chi connectivity index (χ1) is 19.4. The minimum absolute atomic E-state index is 0.0162. The first-order valence-electron chi connectivity index (χ1n) is 16.3. The van der Waals surface area contributed by atoms with Gasteiger partial charge in [-0.2, -0.15) is 0 Å². The summed E-state index contributed by atoms with van der Waals surface area (Å²) in [5.41, 5.74) is -1.17. The number of allylic oxidation sites excluding steroid dienone is 3. The van der Waals surface area contributed by atoms with E-state index in [0.29, 0.717) is 19.3 Å². The molecular formula is C35H52O7. The molecule has 234 valence electrons. The summed E-state index contributed by atoms with van der Waals surface area (Å²) in [6.07, 6.45) is 7.21.